The number of nitrogens with zero attached hydrogens (tertiary/aromatic N) is 4. The molecule has 2 heterocycles. The van der Waals surface area contributed by atoms with E-state index in [1.807, 2.05) is 16.7 Å². The maximum Gasteiger partial charge on any atom is 0.239 e. The van der Waals surface area contributed by atoms with E-state index in [4.69, 9.17) is 4.99 Å². The van der Waals surface area contributed by atoms with Crippen molar-refractivity contribution >= 4 is 47.6 Å². The largest absolute Gasteiger partial charge is 0.357 e. The quantitative estimate of drug-likeness (QED) is 0.252. The lowest BCUT2D eigenvalue weighted by Crippen LogP contribution is -2.57. The molecule has 1 atom stereocenters. The molecule has 152 valence electrons. The highest BCUT2D eigenvalue weighted by Gasteiger charge is 2.30. The second kappa shape index (κ2) is 13.0. The molecule has 6 nitrogen and oxygen atoms in total. The van der Waals surface area contributed by atoms with Gasteiger partial charge in [-0.2, -0.15) is 11.8 Å². The van der Waals surface area contributed by atoms with Crippen molar-refractivity contribution in [3.05, 3.63) is 0 Å². The molecule has 2 rings (SSSR count). The van der Waals surface area contributed by atoms with Crippen LogP contribution in [-0.4, -0.2) is 97.0 Å². The van der Waals surface area contributed by atoms with Crippen molar-refractivity contribution in [2.75, 3.05) is 64.4 Å². The van der Waals surface area contributed by atoms with Crippen LogP contribution in [0.2, 0.25) is 0 Å². The lowest BCUT2D eigenvalue weighted by atomic mass is 10.2. The van der Waals surface area contributed by atoms with Crippen molar-refractivity contribution in [1.29, 1.82) is 0 Å². The zero-order valence-electron chi connectivity index (χ0n) is 16.6. The molecule has 0 saturated carbocycles. The molecular weight excluding hydrogens is 461 g/mol. The van der Waals surface area contributed by atoms with E-state index >= 15 is 0 Å². The summed E-state index contributed by atoms with van der Waals surface area (Å²) < 4.78 is 0. The molecule has 2 saturated heterocycles. The number of hydrogen-bond donors (Lipinski definition) is 1. The van der Waals surface area contributed by atoms with Crippen LogP contribution < -0.4 is 5.32 Å². The molecule has 8 heteroatoms. The Hall–Kier alpha value is -0.220. The van der Waals surface area contributed by atoms with Crippen LogP contribution in [0, 0.1) is 0 Å². The highest BCUT2D eigenvalue weighted by Crippen LogP contribution is 2.14. The summed E-state index contributed by atoms with van der Waals surface area (Å²) in [6.07, 6.45) is 5.58. The maximum absolute atomic E-state index is 12.6. The number of carbonyl (C=O) groups excluding carboxylic acids is 1. The van der Waals surface area contributed by atoms with Crippen molar-refractivity contribution in [2.24, 2.45) is 4.99 Å². The molecular formula is C18H36IN5OS. The van der Waals surface area contributed by atoms with Crippen LogP contribution in [0.1, 0.15) is 33.1 Å². The molecule has 1 N–H and O–H groups in total. The molecule has 0 aromatic heterocycles. The third kappa shape index (κ3) is 7.07. The van der Waals surface area contributed by atoms with Gasteiger partial charge in [-0.3, -0.25) is 14.7 Å². The second-order valence-electron chi connectivity index (χ2n) is 6.81. The summed E-state index contributed by atoms with van der Waals surface area (Å²) in [7, 11) is 0. The van der Waals surface area contributed by atoms with Gasteiger partial charge in [-0.1, -0.05) is 0 Å². The first kappa shape index (κ1) is 23.8. The van der Waals surface area contributed by atoms with Crippen molar-refractivity contribution in [2.45, 2.75) is 39.2 Å². The normalized spacial score (nSPS) is 20.0. The summed E-state index contributed by atoms with van der Waals surface area (Å²) in [4.78, 5) is 24.1. The number of likely N-dealkylation sites (tertiary alicyclic amines) is 1. The number of guanidine groups is 1. The van der Waals surface area contributed by atoms with Gasteiger partial charge in [-0.05, 0) is 45.1 Å². The summed E-state index contributed by atoms with van der Waals surface area (Å²) >= 11 is 1.87. The number of amides is 1. The van der Waals surface area contributed by atoms with Gasteiger partial charge in [0, 0.05) is 52.4 Å². The average molecular weight is 497 g/mol. The Balaban J connectivity index is 0.00000338. The van der Waals surface area contributed by atoms with Gasteiger partial charge in [0.25, 0.3) is 0 Å². The van der Waals surface area contributed by atoms with Gasteiger partial charge in [0.1, 0.15) is 0 Å². The van der Waals surface area contributed by atoms with Crippen molar-refractivity contribution in [3.63, 3.8) is 0 Å². The minimum atomic E-state index is 0. The van der Waals surface area contributed by atoms with Crippen LogP contribution in [0.3, 0.4) is 0 Å². The second-order valence-corrected chi connectivity index (χ2v) is 7.80. The molecule has 26 heavy (non-hydrogen) atoms. The predicted molar refractivity (Wildman–Crippen MR) is 123 cm³/mol. The molecule has 0 aliphatic carbocycles. The van der Waals surface area contributed by atoms with Gasteiger partial charge in [-0.25, -0.2) is 0 Å². The average Bonchev–Trinajstić information content (AvgIpc) is 3.18. The summed E-state index contributed by atoms with van der Waals surface area (Å²) in [5.41, 5.74) is 0. The van der Waals surface area contributed by atoms with Crippen LogP contribution in [0.4, 0.5) is 0 Å². The molecule has 2 fully saturated rings. The monoisotopic (exact) mass is 497 g/mol. The summed E-state index contributed by atoms with van der Waals surface area (Å²) in [6, 6.07) is 0.00125. The number of nitrogens with one attached hydrogen (secondary N) is 1. The van der Waals surface area contributed by atoms with Crippen LogP contribution in [0.15, 0.2) is 4.99 Å². The zero-order chi connectivity index (χ0) is 18.1. The van der Waals surface area contributed by atoms with Gasteiger partial charge in [0.2, 0.25) is 5.91 Å². The Morgan fingerprint density at radius 2 is 1.77 bits per heavy atom. The Labute approximate surface area is 180 Å². The summed E-state index contributed by atoms with van der Waals surface area (Å²) in [6.45, 7) is 11.6. The van der Waals surface area contributed by atoms with Crippen molar-refractivity contribution in [1.82, 2.24) is 20.0 Å². The highest BCUT2D eigenvalue weighted by molar-refractivity contribution is 14.0. The molecule has 2 aliphatic rings. The predicted octanol–water partition coefficient (Wildman–Crippen LogP) is 1.95. The van der Waals surface area contributed by atoms with Gasteiger partial charge in [0.05, 0.1) is 6.04 Å². The van der Waals surface area contributed by atoms with Crippen LogP contribution in [-0.2, 0) is 4.79 Å². The number of halogens is 1. The van der Waals surface area contributed by atoms with Crippen LogP contribution in [0.25, 0.3) is 0 Å². The molecule has 0 bridgehead atoms. The lowest BCUT2D eigenvalue weighted by Gasteiger charge is -2.39. The van der Waals surface area contributed by atoms with Gasteiger partial charge in [0.15, 0.2) is 5.96 Å². The van der Waals surface area contributed by atoms with Gasteiger partial charge < -0.3 is 15.1 Å². The summed E-state index contributed by atoms with van der Waals surface area (Å²) in [5.74, 6) is 2.50. The smallest absolute Gasteiger partial charge is 0.239 e. The van der Waals surface area contributed by atoms with E-state index in [-0.39, 0.29) is 30.0 Å². The number of piperazine rings is 1. The SMILES string of the molecule is CCNC(=NCCCSC)N1CCN(C(C)C(=O)N2CCCC2)CC1.I. The minimum Gasteiger partial charge on any atom is -0.357 e. The van der Waals surface area contributed by atoms with Crippen molar-refractivity contribution in [3.8, 4) is 0 Å². The molecule has 0 spiro atoms. The fourth-order valence-corrected chi connectivity index (χ4v) is 3.92. The topological polar surface area (TPSA) is 51.2 Å². The van der Waals surface area contributed by atoms with Crippen LogP contribution in [0.5, 0.6) is 0 Å². The van der Waals surface area contributed by atoms with E-state index in [1.165, 1.54) is 0 Å². The maximum atomic E-state index is 12.6. The van der Waals surface area contributed by atoms with Crippen LogP contribution >= 0.6 is 35.7 Å². The Kier molecular flexibility index (Phi) is 11.9. The Morgan fingerprint density at radius 3 is 2.35 bits per heavy atom. The standard InChI is InChI=1S/C18H35N5OS.HI/c1-4-19-18(20-8-7-15-25-3)23-13-11-21(12-14-23)16(2)17(24)22-9-5-6-10-22;/h16H,4-15H2,1-3H3,(H,19,20);1H. The number of hydrogen-bond acceptors (Lipinski definition) is 4. The van der Waals surface area contributed by atoms with E-state index in [2.05, 4.69) is 35.2 Å². The summed E-state index contributed by atoms with van der Waals surface area (Å²) in [5, 5.41) is 3.42. The van der Waals surface area contributed by atoms with Gasteiger partial charge >= 0.3 is 0 Å². The molecule has 1 amide bonds. The third-order valence-electron chi connectivity index (χ3n) is 5.04. The van der Waals surface area contributed by atoms with E-state index in [0.717, 1.165) is 83.3 Å². The molecule has 0 radical (unpaired) electrons. The van der Waals surface area contributed by atoms with E-state index in [1.54, 1.807) is 0 Å². The zero-order valence-corrected chi connectivity index (χ0v) is 19.7. The first-order chi connectivity index (χ1) is 12.2. The number of thioether (sulfide) groups is 1. The number of carbonyl (C=O) groups is 1. The van der Waals surface area contributed by atoms with E-state index in [9.17, 15) is 4.79 Å². The molecule has 0 aromatic carbocycles. The first-order valence-electron chi connectivity index (χ1n) is 9.72. The third-order valence-corrected chi connectivity index (χ3v) is 5.74. The first-order valence-corrected chi connectivity index (χ1v) is 11.1. The van der Waals surface area contributed by atoms with E-state index < -0.39 is 0 Å². The number of aliphatic imine (C=N–C) groups is 1. The van der Waals surface area contributed by atoms with Crippen molar-refractivity contribution < 1.29 is 4.79 Å². The minimum absolute atomic E-state index is 0. The lowest BCUT2D eigenvalue weighted by molar-refractivity contribution is -0.135. The fourth-order valence-electron chi connectivity index (χ4n) is 3.50. The highest BCUT2D eigenvalue weighted by atomic mass is 127. The van der Waals surface area contributed by atoms with E-state index in [0.29, 0.717) is 5.91 Å². The van der Waals surface area contributed by atoms with Gasteiger partial charge in [-0.15, -0.1) is 24.0 Å². The fraction of sp³-hybridized carbons (Fsp3) is 0.889. The Bertz CT molecular complexity index is 437. The molecule has 0 aromatic rings. The molecule has 1 unspecified atom stereocenters. The Morgan fingerprint density at radius 1 is 1.12 bits per heavy atom. The molecule has 2 aliphatic heterocycles. The number of rotatable bonds is 7.